The van der Waals surface area contributed by atoms with E-state index >= 15 is 0 Å². The van der Waals surface area contributed by atoms with Crippen molar-refractivity contribution < 1.29 is 9.59 Å². The molecule has 2 aliphatic carbocycles. The first kappa shape index (κ1) is 13.9. The van der Waals surface area contributed by atoms with Crippen LogP contribution in [0.5, 0.6) is 0 Å². The van der Waals surface area contributed by atoms with Gasteiger partial charge in [-0.15, -0.1) is 0 Å². The Balaban J connectivity index is 1.31. The maximum Gasteiger partial charge on any atom is 0.237 e. The number of hydrogen-bond donors (Lipinski definition) is 3. The number of rotatable bonds is 6. The molecule has 3 fully saturated rings. The maximum atomic E-state index is 12.1. The van der Waals surface area contributed by atoms with E-state index in [1.165, 1.54) is 19.3 Å². The third-order valence-corrected chi connectivity index (χ3v) is 4.85. The fourth-order valence-corrected chi connectivity index (χ4v) is 3.57. The molecular formula is C15H25N3O2. The lowest BCUT2D eigenvalue weighted by Gasteiger charge is -2.17. The Morgan fingerprint density at radius 1 is 1.15 bits per heavy atom. The van der Waals surface area contributed by atoms with Gasteiger partial charge in [-0.3, -0.25) is 9.59 Å². The van der Waals surface area contributed by atoms with Gasteiger partial charge in [0.2, 0.25) is 11.8 Å². The first-order valence-electron chi connectivity index (χ1n) is 8.04. The summed E-state index contributed by atoms with van der Waals surface area (Å²) in [7, 11) is 0. The van der Waals surface area contributed by atoms with Crippen LogP contribution < -0.4 is 16.0 Å². The van der Waals surface area contributed by atoms with Gasteiger partial charge >= 0.3 is 0 Å². The van der Waals surface area contributed by atoms with Crippen molar-refractivity contribution in [3.8, 4) is 0 Å². The summed E-state index contributed by atoms with van der Waals surface area (Å²) in [6.45, 7) is 1.60. The van der Waals surface area contributed by atoms with Gasteiger partial charge in [0.05, 0.1) is 6.04 Å². The van der Waals surface area contributed by atoms with E-state index in [1.54, 1.807) is 0 Å². The van der Waals surface area contributed by atoms with E-state index in [9.17, 15) is 9.59 Å². The van der Waals surface area contributed by atoms with Crippen LogP contribution in [0.3, 0.4) is 0 Å². The molecule has 3 rings (SSSR count). The van der Waals surface area contributed by atoms with Gasteiger partial charge in [-0.1, -0.05) is 6.42 Å². The minimum atomic E-state index is 0.00258. The molecule has 3 N–H and O–H groups in total. The fraction of sp³-hybridized carbons (Fsp3) is 0.867. The van der Waals surface area contributed by atoms with Gasteiger partial charge in [-0.2, -0.15) is 0 Å². The van der Waals surface area contributed by atoms with Gasteiger partial charge in [-0.25, -0.2) is 0 Å². The fourth-order valence-electron chi connectivity index (χ4n) is 3.57. The zero-order chi connectivity index (χ0) is 13.9. The molecule has 1 heterocycles. The molecule has 3 unspecified atom stereocenters. The number of carbonyl (C=O) groups is 2. The minimum Gasteiger partial charge on any atom is -0.355 e. The number of amides is 2. The van der Waals surface area contributed by atoms with Gasteiger partial charge in [-0.05, 0) is 50.5 Å². The summed E-state index contributed by atoms with van der Waals surface area (Å²) in [6, 6.07) is 0.432. The Labute approximate surface area is 120 Å². The molecule has 1 aliphatic heterocycles. The SMILES string of the molecule is O=C(CCCNC(=O)C1NCC2CCCC21)NC1CC1. The highest BCUT2D eigenvalue weighted by Crippen LogP contribution is 2.37. The van der Waals surface area contributed by atoms with E-state index < -0.39 is 0 Å². The van der Waals surface area contributed by atoms with Crippen LogP contribution in [0.2, 0.25) is 0 Å². The summed E-state index contributed by atoms with van der Waals surface area (Å²) in [5.41, 5.74) is 0. The van der Waals surface area contributed by atoms with Crippen LogP contribution in [0.4, 0.5) is 0 Å². The van der Waals surface area contributed by atoms with Gasteiger partial charge in [0.25, 0.3) is 0 Å². The number of fused-ring (bicyclic) bond motifs is 1. The van der Waals surface area contributed by atoms with E-state index in [0.29, 0.717) is 30.8 Å². The quantitative estimate of drug-likeness (QED) is 0.622. The number of hydrogen-bond acceptors (Lipinski definition) is 3. The number of nitrogens with one attached hydrogen (secondary N) is 3. The smallest absolute Gasteiger partial charge is 0.237 e. The van der Waals surface area contributed by atoms with Crippen molar-refractivity contribution >= 4 is 11.8 Å². The van der Waals surface area contributed by atoms with Gasteiger partial charge < -0.3 is 16.0 Å². The molecular weight excluding hydrogens is 254 g/mol. The molecule has 1 saturated heterocycles. The highest BCUT2D eigenvalue weighted by molar-refractivity contribution is 5.82. The summed E-state index contributed by atoms with van der Waals surface area (Å²) in [5.74, 6) is 1.49. The van der Waals surface area contributed by atoms with Crippen LogP contribution in [0.25, 0.3) is 0 Å². The Morgan fingerprint density at radius 2 is 2.00 bits per heavy atom. The third kappa shape index (κ3) is 3.32. The summed E-state index contributed by atoms with van der Waals surface area (Å²) < 4.78 is 0. The molecule has 20 heavy (non-hydrogen) atoms. The second-order valence-corrected chi connectivity index (χ2v) is 6.48. The summed E-state index contributed by atoms with van der Waals surface area (Å²) >= 11 is 0. The van der Waals surface area contributed by atoms with Crippen LogP contribution in [-0.2, 0) is 9.59 Å². The normalized spacial score (nSPS) is 31.9. The molecule has 2 saturated carbocycles. The first-order chi connectivity index (χ1) is 9.74. The average Bonchev–Trinajstić information content (AvgIpc) is 2.96. The van der Waals surface area contributed by atoms with E-state index in [4.69, 9.17) is 0 Å². The molecule has 0 aromatic rings. The van der Waals surface area contributed by atoms with Crippen LogP contribution in [0.15, 0.2) is 0 Å². The summed E-state index contributed by atoms with van der Waals surface area (Å²) in [6.07, 6.45) is 7.20. The topological polar surface area (TPSA) is 70.2 Å². The summed E-state index contributed by atoms with van der Waals surface area (Å²) in [4.78, 5) is 23.7. The van der Waals surface area contributed by atoms with Crippen molar-refractivity contribution in [3.63, 3.8) is 0 Å². The molecule has 0 bridgehead atoms. The Morgan fingerprint density at radius 3 is 2.80 bits per heavy atom. The molecule has 2 amide bonds. The second kappa shape index (κ2) is 6.12. The molecule has 3 aliphatic rings. The van der Waals surface area contributed by atoms with Crippen LogP contribution in [-0.4, -0.2) is 37.0 Å². The minimum absolute atomic E-state index is 0.00258. The van der Waals surface area contributed by atoms with Crippen molar-refractivity contribution in [1.82, 2.24) is 16.0 Å². The Hall–Kier alpha value is -1.10. The average molecular weight is 279 g/mol. The maximum absolute atomic E-state index is 12.1. The van der Waals surface area contributed by atoms with Crippen molar-refractivity contribution in [3.05, 3.63) is 0 Å². The van der Waals surface area contributed by atoms with E-state index in [-0.39, 0.29) is 17.9 Å². The van der Waals surface area contributed by atoms with E-state index in [2.05, 4.69) is 16.0 Å². The molecule has 0 radical (unpaired) electrons. The largest absolute Gasteiger partial charge is 0.355 e. The van der Waals surface area contributed by atoms with Crippen LogP contribution >= 0.6 is 0 Å². The predicted octanol–water partition coefficient (Wildman–Crippen LogP) is 0.550. The van der Waals surface area contributed by atoms with Crippen LogP contribution in [0, 0.1) is 11.8 Å². The molecule has 112 valence electrons. The van der Waals surface area contributed by atoms with Gasteiger partial charge in [0.15, 0.2) is 0 Å². The van der Waals surface area contributed by atoms with E-state index in [1.807, 2.05) is 0 Å². The predicted molar refractivity (Wildman–Crippen MR) is 76.0 cm³/mol. The number of carbonyl (C=O) groups excluding carboxylic acids is 2. The zero-order valence-electron chi connectivity index (χ0n) is 12.0. The van der Waals surface area contributed by atoms with Crippen molar-refractivity contribution in [2.45, 2.75) is 57.0 Å². The zero-order valence-corrected chi connectivity index (χ0v) is 12.0. The lowest BCUT2D eigenvalue weighted by Crippen LogP contribution is -2.44. The van der Waals surface area contributed by atoms with Crippen LogP contribution in [0.1, 0.15) is 44.9 Å². The standard InChI is InChI=1S/C15H25N3O2/c19-13(18-11-6-7-11)5-2-8-16-15(20)14-12-4-1-3-10(12)9-17-14/h10-12,14,17H,1-9H2,(H,16,20)(H,18,19). The van der Waals surface area contributed by atoms with Gasteiger partial charge in [0, 0.05) is 19.0 Å². The van der Waals surface area contributed by atoms with Crippen molar-refractivity contribution in [2.24, 2.45) is 11.8 Å². The molecule has 5 nitrogen and oxygen atoms in total. The summed E-state index contributed by atoms with van der Waals surface area (Å²) in [5, 5.41) is 9.29. The highest BCUT2D eigenvalue weighted by Gasteiger charge is 2.42. The Bertz CT molecular complexity index is 381. The highest BCUT2D eigenvalue weighted by atomic mass is 16.2. The first-order valence-corrected chi connectivity index (χ1v) is 8.04. The molecule has 5 heteroatoms. The second-order valence-electron chi connectivity index (χ2n) is 6.48. The monoisotopic (exact) mass is 279 g/mol. The Kier molecular flexibility index (Phi) is 4.24. The molecule has 0 aromatic carbocycles. The van der Waals surface area contributed by atoms with E-state index in [0.717, 1.165) is 25.8 Å². The lowest BCUT2D eigenvalue weighted by atomic mass is 9.93. The third-order valence-electron chi connectivity index (χ3n) is 4.85. The van der Waals surface area contributed by atoms with Crippen molar-refractivity contribution in [2.75, 3.05) is 13.1 Å². The van der Waals surface area contributed by atoms with Gasteiger partial charge in [0.1, 0.15) is 0 Å². The molecule has 0 spiro atoms. The molecule has 3 atom stereocenters. The molecule has 0 aromatic heterocycles. The lowest BCUT2D eigenvalue weighted by molar-refractivity contribution is -0.124. The van der Waals surface area contributed by atoms with Crippen molar-refractivity contribution in [1.29, 1.82) is 0 Å².